The molecular weight excluding hydrogens is 200 g/mol. The number of hydrogen-bond acceptors (Lipinski definition) is 2. The third-order valence-electron chi connectivity index (χ3n) is 3.02. The van der Waals surface area contributed by atoms with Gasteiger partial charge in [0.2, 0.25) is 0 Å². The van der Waals surface area contributed by atoms with Gasteiger partial charge in [0.25, 0.3) is 5.56 Å². The highest BCUT2D eigenvalue weighted by Gasteiger charge is 2.14. The van der Waals surface area contributed by atoms with Crippen LogP contribution in [-0.2, 0) is 6.54 Å². The van der Waals surface area contributed by atoms with Gasteiger partial charge in [-0.3, -0.25) is 9.36 Å². The molecule has 0 N–H and O–H groups in total. The van der Waals surface area contributed by atoms with Crippen molar-refractivity contribution in [1.82, 2.24) is 9.55 Å². The van der Waals surface area contributed by atoms with Crippen LogP contribution in [0.5, 0.6) is 0 Å². The summed E-state index contributed by atoms with van der Waals surface area (Å²) in [7, 11) is 0. The van der Waals surface area contributed by atoms with Crippen LogP contribution in [0.1, 0.15) is 19.2 Å². The third kappa shape index (κ3) is 1.21. The van der Waals surface area contributed by atoms with Crippen LogP contribution in [0, 0.1) is 0 Å². The summed E-state index contributed by atoms with van der Waals surface area (Å²) in [6.07, 6.45) is 3.05. The molecule has 0 aliphatic carbocycles. The summed E-state index contributed by atoms with van der Waals surface area (Å²) in [4.78, 5) is 16.8. The zero-order valence-corrected chi connectivity index (χ0v) is 9.10. The lowest BCUT2D eigenvalue weighted by Crippen LogP contribution is -2.26. The van der Waals surface area contributed by atoms with Gasteiger partial charge in [0.1, 0.15) is 5.82 Å². The molecule has 0 bridgehead atoms. The fourth-order valence-corrected chi connectivity index (χ4v) is 2.18. The topological polar surface area (TPSA) is 34.9 Å². The number of allylic oxidation sites excluding steroid dienone is 2. The summed E-state index contributed by atoms with van der Waals surface area (Å²) in [5, 5.41) is 0.709. The molecule has 0 amide bonds. The molecule has 0 spiro atoms. The highest BCUT2D eigenvalue weighted by molar-refractivity contribution is 5.79. The second-order valence-corrected chi connectivity index (χ2v) is 4.09. The molecule has 0 saturated carbocycles. The molecule has 1 aromatic carbocycles. The number of rotatable bonds is 0. The summed E-state index contributed by atoms with van der Waals surface area (Å²) in [5.74, 6) is 0.815. The van der Waals surface area contributed by atoms with Crippen LogP contribution in [0.3, 0.4) is 0 Å². The van der Waals surface area contributed by atoms with Crippen molar-refractivity contribution in [3.8, 4) is 0 Å². The van der Waals surface area contributed by atoms with Crippen LogP contribution in [0.25, 0.3) is 16.5 Å². The molecule has 2 aromatic rings. The minimum atomic E-state index is 0.0769. The molecule has 0 atom stereocenters. The zero-order chi connectivity index (χ0) is 11.1. The molecule has 3 nitrogen and oxygen atoms in total. The molecule has 80 valence electrons. The first-order chi connectivity index (χ1) is 7.77. The van der Waals surface area contributed by atoms with Gasteiger partial charge in [0.15, 0.2) is 0 Å². The molecule has 0 saturated heterocycles. The largest absolute Gasteiger partial charge is 0.292 e. The first kappa shape index (κ1) is 9.33. The van der Waals surface area contributed by atoms with Gasteiger partial charge in [-0.25, -0.2) is 4.98 Å². The Hall–Kier alpha value is -1.90. The Morgan fingerprint density at radius 1 is 1.31 bits per heavy atom. The summed E-state index contributed by atoms with van der Waals surface area (Å²) in [6.45, 7) is 2.75. The van der Waals surface area contributed by atoms with E-state index in [1.54, 1.807) is 4.57 Å². The molecular formula is C13H12N2O. The smallest absolute Gasteiger partial charge is 0.261 e. The first-order valence-corrected chi connectivity index (χ1v) is 5.44. The van der Waals surface area contributed by atoms with Gasteiger partial charge in [0, 0.05) is 6.54 Å². The average Bonchev–Trinajstić information content (AvgIpc) is 2.31. The van der Waals surface area contributed by atoms with Gasteiger partial charge >= 0.3 is 0 Å². The summed E-state index contributed by atoms with van der Waals surface area (Å²) in [5.41, 5.74) is 1.95. The van der Waals surface area contributed by atoms with Crippen molar-refractivity contribution in [2.45, 2.75) is 19.9 Å². The molecule has 0 fully saturated rings. The van der Waals surface area contributed by atoms with E-state index in [1.807, 2.05) is 31.2 Å². The van der Waals surface area contributed by atoms with Gasteiger partial charge in [-0.15, -0.1) is 0 Å². The van der Waals surface area contributed by atoms with Gasteiger partial charge in [-0.2, -0.15) is 0 Å². The molecule has 3 heteroatoms. The van der Waals surface area contributed by atoms with E-state index in [9.17, 15) is 4.79 Å². The number of para-hydroxylation sites is 1. The van der Waals surface area contributed by atoms with Gasteiger partial charge in [0.05, 0.1) is 10.9 Å². The minimum absolute atomic E-state index is 0.0769. The zero-order valence-electron chi connectivity index (χ0n) is 9.10. The number of benzene rings is 1. The highest BCUT2D eigenvalue weighted by Crippen LogP contribution is 2.18. The molecule has 1 aliphatic heterocycles. The minimum Gasteiger partial charge on any atom is -0.292 e. The number of hydrogen-bond donors (Lipinski definition) is 0. The lowest BCUT2D eigenvalue weighted by atomic mass is 10.1. The fraction of sp³-hybridized carbons (Fsp3) is 0.231. The van der Waals surface area contributed by atoms with Crippen LogP contribution in [0.15, 0.2) is 35.1 Å². The summed E-state index contributed by atoms with van der Waals surface area (Å²) >= 11 is 0. The molecule has 0 radical (unpaired) electrons. The first-order valence-electron chi connectivity index (χ1n) is 5.44. The number of aromatic nitrogens is 2. The number of nitrogens with zero attached hydrogens (tertiary/aromatic N) is 2. The van der Waals surface area contributed by atoms with Crippen molar-refractivity contribution < 1.29 is 0 Å². The van der Waals surface area contributed by atoms with Crippen molar-refractivity contribution in [3.05, 3.63) is 46.5 Å². The molecule has 1 aromatic heterocycles. The van der Waals surface area contributed by atoms with E-state index in [4.69, 9.17) is 0 Å². The van der Waals surface area contributed by atoms with E-state index in [0.717, 1.165) is 29.9 Å². The van der Waals surface area contributed by atoms with Crippen LogP contribution < -0.4 is 5.56 Å². The Labute approximate surface area is 93.1 Å². The Balaban J connectivity index is 2.47. The lowest BCUT2D eigenvalue weighted by Gasteiger charge is -2.17. The summed E-state index contributed by atoms with van der Waals surface area (Å²) < 4.78 is 1.78. The lowest BCUT2D eigenvalue weighted by molar-refractivity contribution is 0.647. The molecule has 3 rings (SSSR count). The molecule has 2 heterocycles. The van der Waals surface area contributed by atoms with Crippen LogP contribution in [-0.4, -0.2) is 9.55 Å². The molecule has 1 aliphatic rings. The van der Waals surface area contributed by atoms with Crippen molar-refractivity contribution >= 4 is 16.5 Å². The second-order valence-electron chi connectivity index (χ2n) is 4.09. The Bertz CT molecular complexity index is 653. The Morgan fingerprint density at radius 2 is 2.12 bits per heavy atom. The van der Waals surface area contributed by atoms with Crippen LogP contribution in [0.2, 0.25) is 0 Å². The van der Waals surface area contributed by atoms with Crippen molar-refractivity contribution in [1.29, 1.82) is 0 Å². The predicted molar refractivity (Wildman–Crippen MR) is 64.3 cm³/mol. The molecule has 16 heavy (non-hydrogen) atoms. The standard InChI is InChI=1S/C13H12N2O/c1-9-5-4-8-15-12(9)14-11-7-3-2-6-10(11)13(15)16/h2-3,5-7H,4,8H2,1H3. The molecule has 0 unspecified atom stereocenters. The van der Waals surface area contributed by atoms with Gasteiger partial charge < -0.3 is 0 Å². The predicted octanol–water partition coefficient (Wildman–Crippen LogP) is 2.20. The van der Waals surface area contributed by atoms with E-state index >= 15 is 0 Å². The van der Waals surface area contributed by atoms with Gasteiger partial charge in [-0.05, 0) is 31.1 Å². The maximum Gasteiger partial charge on any atom is 0.261 e. The normalized spacial score (nSPS) is 14.7. The number of fused-ring (bicyclic) bond motifs is 2. The Kier molecular flexibility index (Phi) is 1.93. The summed E-state index contributed by atoms with van der Waals surface area (Å²) in [6, 6.07) is 7.52. The highest BCUT2D eigenvalue weighted by atomic mass is 16.1. The van der Waals surface area contributed by atoms with E-state index in [0.29, 0.717) is 5.39 Å². The quantitative estimate of drug-likeness (QED) is 0.671. The second kappa shape index (κ2) is 3.30. The monoisotopic (exact) mass is 212 g/mol. The van der Waals surface area contributed by atoms with Crippen LogP contribution in [0.4, 0.5) is 0 Å². The van der Waals surface area contributed by atoms with Crippen molar-refractivity contribution in [2.24, 2.45) is 0 Å². The van der Waals surface area contributed by atoms with Gasteiger partial charge in [-0.1, -0.05) is 18.2 Å². The Morgan fingerprint density at radius 3 is 3.00 bits per heavy atom. The van der Waals surface area contributed by atoms with Crippen LogP contribution >= 0.6 is 0 Å². The van der Waals surface area contributed by atoms with E-state index in [-0.39, 0.29) is 5.56 Å². The SMILES string of the molecule is CC1=CCCn2c1nc1ccccc1c2=O. The van der Waals surface area contributed by atoms with E-state index < -0.39 is 0 Å². The van der Waals surface area contributed by atoms with Crippen molar-refractivity contribution in [3.63, 3.8) is 0 Å². The maximum absolute atomic E-state index is 12.2. The average molecular weight is 212 g/mol. The third-order valence-corrected chi connectivity index (χ3v) is 3.02. The van der Waals surface area contributed by atoms with E-state index in [2.05, 4.69) is 11.1 Å². The van der Waals surface area contributed by atoms with Crippen molar-refractivity contribution in [2.75, 3.05) is 0 Å². The maximum atomic E-state index is 12.2. The van der Waals surface area contributed by atoms with E-state index in [1.165, 1.54) is 0 Å². The fourth-order valence-electron chi connectivity index (χ4n) is 2.18.